The van der Waals surface area contributed by atoms with E-state index in [9.17, 15) is 0 Å². The van der Waals surface area contributed by atoms with Gasteiger partial charge in [0.15, 0.2) is 0 Å². The molecule has 1 aromatic heterocycles. The summed E-state index contributed by atoms with van der Waals surface area (Å²) in [5.41, 5.74) is 7.38. The van der Waals surface area contributed by atoms with E-state index in [2.05, 4.69) is 4.98 Å². The van der Waals surface area contributed by atoms with Crippen molar-refractivity contribution in [2.75, 3.05) is 12.3 Å². The van der Waals surface area contributed by atoms with Gasteiger partial charge in [0.2, 0.25) is 0 Å². The van der Waals surface area contributed by atoms with Crippen molar-refractivity contribution in [2.45, 2.75) is 13.3 Å². The van der Waals surface area contributed by atoms with Gasteiger partial charge < -0.3 is 14.9 Å². The van der Waals surface area contributed by atoms with Gasteiger partial charge >= 0.3 is 0 Å². The van der Waals surface area contributed by atoms with E-state index in [-0.39, 0.29) is 6.01 Å². The Balaban J connectivity index is 2.05. The summed E-state index contributed by atoms with van der Waals surface area (Å²) in [6.07, 6.45) is 2.29. The number of benzene rings is 1. The normalized spacial score (nSPS) is 10.3. The lowest BCUT2D eigenvalue weighted by molar-refractivity contribution is 0.340. The van der Waals surface area contributed by atoms with Gasteiger partial charge in [-0.05, 0) is 24.6 Å². The quantitative estimate of drug-likeness (QED) is 0.854. The Hall–Kier alpha value is -1.97. The summed E-state index contributed by atoms with van der Waals surface area (Å²) in [5, 5.41) is 0. The van der Waals surface area contributed by atoms with Crippen LogP contribution in [0.5, 0.6) is 5.75 Å². The summed E-state index contributed by atoms with van der Waals surface area (Å²) >= 11 is 0. The lowest BCUT2D eigenvalue weighted by Gasteiger charge is -2.03. The van der Waals surface area contributed by atoms with Crippen molar-refractivity contribution in [2.24, 2.45) is 0 Å². The van der Waals surface area contributed by atoms with Crippen LogP contribution in [0.25, 0.3) is 0 Å². The highest BCUT2D eigenvalue weighted by atomic mass is 16.5. The molecule has 0 unspecified atom stereocenters. The first kappa shape index (κ1) is 10.5. The number of hydrogen-bond acceptors (Lipinski definition) is 4. The van der Waals surface area contributed by atoms with E-state index in [1.54, 1.807) is 6.26 Å². The fourth-order valence-electron chi connectivity index (χ4n) is 1.48. The Kier molecular flexibility index (Phi) is 3.10. The van der Waals surface area contributed by atoms with Crippen LogP contribution in [0.4, 0.5) is 6.01 Å². The first-order valence-corrected chi connectivity index (χ1v) is 5.19. The van der Waals surface area contributed by atoms with Crippen molar-refractivity contribution in [3.63, 3.8) is 0 Å². The second-order valence-corrected chi connectivity index (χ2v) is 3.43. The largest absolute Gasteiger partial charge is 0.494 e. The molecule has 0 spiro atoms. The molecule has 0 atom stereocenters. The summed E-state index contributed by atoms with van der Waals surface area (Å²) in [7, 11) is 0. The van der Waals surface area contributed by atoms with Crippen LogP contribution in [0.3, 0.4) is 0 Å². The molecule has 4 nitrogen and oxygen atoms in total. The van der Waals surface area contributed by atoms with Gasteiger partial charge in [0.1, 0.15) is 12.0 Å². The number of nitrogens with zero attached hydrogens (tertiary/aromatic N) is 1. The maximum absolute atomic E-state index is 5.40. The van der Waals surface area contributed by atoms with Gasteiger partial charge in [-0.2, -0.15) is 4.98 Å². The number of nitrogens with two attached hydrogens (primary N) is 1. The van der Waals surface area contributed by atoms with Crippen LogP contribution in [0.1, 0.15) is 18.2 Å². The summed E-state index contributed by atoms with van der Waals surface area (Å²) < 4.78 is 10.3. The first-order chi connectivity index (χ1) is 7.78. The van der Waals surface area contributed by atoms with Crippen molar-refractivity contribution < 1.29 is 9.15 Å². The van der Waals surface area contributed by atoms with Gasteiger partial charge in [-0.3, -0.25) is 0 Å². The van der Waals surface area contributed by atoms with Crippen molar-refractivity contribution >= 4 is 6.01 Å². The van der Waals surface area contributed by atoms with Gasteiger partial charge in [0.25, 0.3) is 6.01 Å². The molecular weight excluding hydrogens is 204 g/mol. The molecule has 0 aliphatic carbocycles. The third-order valence-electron chi connectivity index (χ3n) is 2.19. The van der Waals surface area contributed by atoms with Gasteiger partial charge in [0, 0.05) is 6.42 Å². The second-order valence-electron chi connectivity index (χ2n) is 3.43. The average molecular weight is 218 g/mol. The standard InChI is InChI=1S/C12H14N2O2/c1-2-15-11-5-3-9(4-6-11)7-10-8-16-12(13)14-10/h3-6,8H,2,7H2,1H3,(H2,13,14). The minimum Gasteiger partial charge on any atom is -0.494 e. The van der Waals surface area contributed by atoms with Crippen LogP contribution >= 0.6 is 0 Å². The fourth-order valence-corrected chi connectivity index (χ4v) is 1.48. The molecule has 0 saturated carbocycles. The van der Waals surface area contributed by atoms with E-state index < -0.39 is 0 Å². The Morgan fingerprint density at radius 3 is 2.62 bits per heavy atom. The van der Waals surface area contributed by atoms with Gasteiger partial charge in [-0.25, -0.2) is 0 Å². The first-order valence-electron chi connectivity index (χ1n) is 5.19. The predicted octanol–water partition coefficient (Wildman–Crippen LogP) is 2.25. The van der Waals surface area contributed by atoms with Crippen LogP contribution in [0, 0.1) is 0 Å². The molecule has 0 saturated heterocycles. The van der Waals surface area contributed by atoms with Crippen molar-refractivity contribution in [3.05, 3.63) is 41.8 Å². The van der Waals surface area contributed by atoms with Gasteiger partial charge in [0.05, 0.1) is 12.3 Å². The number of anilines is 1. The molecule has 4 heteroatoms. The number of rotatable bonds is 4. The molecule has 1 heterocycles. The Morgan fingerprint density at radius 1 is 1.31 bits per heavy atom. The molecule has 2 aromatic rings. The van der Waals surface area contributed by atoms with Gasteiger partial charge in [-0.1, -0.05) is 12.1 Å². The SMILES string of the molecule is CCOc1ccc(Cc2coc(N)n2)cc1. The van der Waals surface area contributed by atoms with E-state index in [0.717, 1.165) is 17.0 Å². The molecule has 0 fully saturated rings. The van der Waals surface area contributed by atoms with Crippen LogP contribution in [-0.4, -0.2) is 11.6 Å². The topological polar surface area (TPSA) is 61.3 Å². The van der Waals surface area contributed by atoms with Crippen LogP contribution in [-0.2, 0) is 6.42 Å². The highest BCUT2D eigenvalue weighted by Crippen LogP contribution is 2.15. The number of nitrogen functional groups attached to an aromatic ring is 1. The number of aromatic nitrogens is 1. The summed E-state index contributed by atoms with van der Waals surface area (Å²) in [6, 6.07) is 8.12. The molecule has 2 rings (SSSR count). The molecule has 1 aromatic carbocycles. The van der Waals surface area contributed by atoms with Crippen molar-refractivity contribution in [1.82, 2.24) is 4.98 Å². The summed E-state index contributed by atoms with van der Waals surface area (Å²) in [5.74, 6) is 0.880. The van der Waals surface area contributed by atoms with E-state index in [1.165, 1.54) is 0 Å². The zero-order chi connectivity index (χ0) is 11.4. The molecule has 84 valence electrons. The van der Waals surface area contributed by atoms with Crippen molar-refractivity contribution in [1.29, 1.82) is 0 Å². The van der Waals surface area contributed by atoms with E-state index in [1.807, 2.05) is 31.2 Å². The zero-order valence-corrected chi connectivity index (χ0v) is 9.14. The third-order valence-corrected chi connectivity index (χ3v) is 2.19. The summed E-state index contributed by atoms with van der Waals surface area (Å²) in [6.45, 7) is 2.64. The van der Waals surface area contributed by atoms with Gasteiger partial charge in [-0.15, -0.1) is 0 Å². The third kappa shape index (κ3) is 2.53. The number of hydrogen-bond donors (Lipinski definition) is 1. The molecule has 16 heavy (non-hydrogen) atoms. The van der Waals surface area contributed by atoms with E-state index >= 15 is 0 Å². The number of oxazole rings is 1. The molecule has 2 N–H and O–H groups in total. The molecule has 0 aliphatic heterocycles. The maximum Gasteiger partial charge on any atom is 0.292 e. The highest BCUT2D eigenvalue weighted by molar-refractivity contribution is 5.30. The fraction of sp³-hybridized carbons (Fsp3) is 0.250. The van der Waals surface area contributed by atoms with Crippen LogP contribution < -0.4 is 10.5 Å². The minimum atomic E-state index is 0.209. The van der Waals surface area contributed by atoms with E-state index in [4.69, 9.17) is 14.9 Å². The van der Waals surface area contributed by atoms with Crippen molar-refractivity contribution in [3.8, 4) is 5.75 Å². The lowest BCUT2D eigenvalue weighted by atomic mass is 10.1. The smallest absolute Gasteiger partial charge is 0.292 e. The van der Waals surface area contributed by atoms with E-state index in [0.29, 0.717) is 13.0 Å². The highest BCUT2D eigenvalue weighted by Gasteiger charge is 2.02. The van der Waals surface area contributed by atoms with Crippen LogP contribution in [0.15, 0.2) is 34.9 Å². The zero-order valence-electron chi connectivity index (χ0n) is 9.14. The Labute approximate surface area is 94.1 Å². The summed E-state index contributed by atoms with van der Waals surface area (Å²) in [4.78, 5) is 4.04. The predicted molar refractivity (Wildman–Crippen MR) is 61.3 cm³/mol. The molecule has 0 amide bonds. The average Bonchev–Trinajstić information content (AvgIpc) is 2.67. The molecule has 0 aliphatic rings. The lowest BCUT2D eigenvalue weighted by Crippen LogP contribution is -1.93. The maximum atomic E-state index is 5.40. The molecular formula is C12H14N2O2. The Bertz CT molecular complexity index is 448. The molecule has 0 radical (unpaired) electrons. The minimum absolute atomic E-state index is 0.209. The second kappa shape index (κ2) is 4.70. The molecule has 0 bridgehead atoms. The van der Waals surface area contributed by atoms with Crippen LogP contribution in [0.2, 0.25) is 0 Å². The monoisotopic (exact) mass is 218 g/mol. The number of ether oxygens (including phenoxy) is 1. The Morgan fingerprint density at radius 2 is 2.06 bits per heavy atom.